The zero-order chi connectivity index (χ0) is 18.3. The Morgan fingerprint density at radius 1 is 1.15 bits per heavy atom. The van der Waals surface area contributed by atoms with Crippen molar-refractivity contribution in [3.63, 3.8) is 0 Å². The van der Waals surface area contributed by atoms with E-state index in [4.69, 9.17) is 4.42 Å². The van der Waals surface area contributed by atoms with E-state index in [1.165, 1.54) is 6.07 Å². The number of amides is 2. The van der Waals surface area contributed by atoms with Crippen LogP contribution in [0.2, 0.25) is 0 Å². The number of nitrogens with zero attached hydrogens (tertiary/aromatic N) is 1. The maximum Gasteiger partial charge on any atom is 0.291 e. The average molecular weight is 348 g/mol. The summed E-state index contributed by atoms with van der Waals surface area (Å²) in [6.07, 6.45) is 0.317. The second-order valence-electron chi connectivity index (χ2n) is 6.08. The molecule has 1 aromatic heterocycles. The van der Waals surface area contributed by atoms with Crippen LogP contribution in [-0.4, -0.2) is 18.4 Å². The maximum atomic E-state index is 12.5. The number of carbonyl (C=O) groups is 2. The number of benzene rings is 2. The Bertz CT molecular complexity index is 1100. The molecule has 6 heteroatoms. The summed E-state index contributed by atoms with van der Waals surface area (Å²) in [5.74, 6) is -0.517. The molecular weight excluding hydrogens is 332 g/mol. The van der Waals surface area contributed by atoms with Gasteiger partial charge in [-0.25, -0.2) is 0 Å². The van der Waals surface area contributed by atoms with Crippen LogP contribution in [0.4, 0.5) is 11.4 Å². The number of para-hydroxylation sites is 1. The largest absolute Gasteiger partial charge is 0.451 e. The molecule has 2 heterocycles. The Balaban J connectivity index is 1.63. The van der Waals surface area contributed by atoms with E-state index >= 15 is 0 Å². The van der Waals surface area contributed by atoms with Crippen molar-refractivity contribution in [3.05, 3.63) is 70.1 Å². The molecule has 1 aliphatic heterocycles. The van der Waals surface area contributed by atoms with E-state index in [-0.39, 0.29) is 17.1 Å². The summed E-state index contributed by atoms with van der Waals surface area (Å²) >= 11 is 0. The van der Waals surface area contributed by atoms with Crippen molar-refractivity contribution in [1.82, 2.24) is 0 Å². The van der Waals surface area contributed by atoms with Gasteiger partial charge < -0.3 is 14.6 Å². The second-order valence-corrected chi connectivity index (χ2v) is 6.08. The first-order valence-electron chi connectivity index (χ1n) is 8.34. The number of nitrogens with one attached hydrogen (secondary N) is 1. The van der Waals surface area contributed by atoms with E-state index in [2.05, 4.69) is 5.32 Å². The van der Waals surface area contributed by atoms with Crippen LogP contribution in [-0.2, 0) is 11.2 Å². The molecule has 0 fully saturated rings. The number of fused-ring (bicyclic) bond motifs is 2. The van der Waals surface area contributed by atoms with E-state index in [1.807, 2.05) is 13.0 Å². The van der Waals surface area contributed by atoms with E-state index in [9.17, 15) is 14.4 Å². The van der Waals surface area contributed by atoms with E-state index in [0.717, 1.165) is 11.3 Å². The van der Waals surface area contributed by atoms with Gasteiger partial charge in [0.15, 0.2) is 11.2 Å². The van der Waals surface area contributed by atoms with Gasteiger partial charge in [-0.3, -0.25) is 14.4 Å². The zero-order valence-electron chi connectivity index (χ0n) is 14.1. The Hall–Kier alpha value is -3.41. The van der Waals surface area contributed by atoms with Gasteiger partial charge in [0.1, 0.15) is 5.58 Å². The molecule has 0 aliphatic carbocycles. The van der Waals surface area contributed by atoms with Crippen LogP contribution in [0.5, 0.6) is 0 Å². The summed E-state index contributed by atoms with van der Waals surface area (Å²) in [7, 11) is 0. The first-order valence-corrected chi connectivity index (χ1v) is 8.34. The molecule has 0 radical (unpaired) electrons. The fourth-order valence-corrected chi connectivity index (χ4v) is 3.22. The van der Waals surface area contributed by atoms with Gasteiger partial charge in [0, 0.05) is 24.0 Å². The van der Waals surface area contributed by atoms with Gasteiger partial charge in [0.05, 0.1) is 11.8 Å². The normalized spacial score (nSPS) is 13.1. The first kappa shape index (κ1) is 16.1. The monoisotopic (exact) mass is 348 g/mol. The number of hydrogen-bond acceptors (Lipinski definition) is 4. The van der Waals surface area contributed by atoms with Gasteiger partial charge in [0.2, 0.25) is 5.91 Å². The molecule has 130 valence electrons. The number of anilines is 2. The fourth-order valence-electron chi connectivity index (χ4n) is 3.22. The zero-order valence-corrected chi connectivity index (χ0v) is 14.1. The Kier molecular flexibility index (Phi) is 3.80. The van der Waals surface area contributed by atoms with Gasteiger partial charge in [0.25, 0.3) is 5.91 Å². The summed E-state index contributed by atoms with van der Waals surface area (Å²) in [6.45, 7) is 2.53. The Morgan fingerprint density at radius 2 is 1.96 bits per heavy atom. The molecular formula is C20H16N2O4. The predicted molar refractivity (Wildman–Crippen MR) is 98.6 cm³/mol. The highest BCUT2D eigenvalue weighted by Crippen LogP contribution is 2.31. The van der Waals surface area contributed by atoms with Crippen LogP contribution in [0.15, 0.2) is 57.7 Å². The quantitative estimate of drug-likeness (QED) is 0.789. The molecule has 4 rings (SSSR count). The minimum atomic E-state index is -0.510. The van der Waals surface area contributed by atoms with Crippen LogP contribution in [0, 0.1) is 0 Å². The van der Waals surface area contributed by atoms with Crippen LogP contribution < -0.4 is 15.6 Å². The minimum absolute atomic E-state index is 0.0477. The third-order valence-corrected chi connectivity index (χ3v) is 4.45. The topological polar surface area (TPSA) is 79.6 Å². The molecule has 0 bridgehead atoms. The SMILES string of the molecule is CCN1C(=O)Cc2cc(NC(=O)c3cc(=O)c4ccccc4o3)ccc21. The Morgan fingerprint density at radius 3 is 2.77 bits per heavy atom. The lowest BCUT2D eigenvalue weighted by molar-refractivity contribution is -0.117. The molecule has 2 aromatic carbocycles. The predicted octanol–water partition coefficient (Wildman–Crippen LogP) is 2.95. The highest BCUT2D eigenvalue weighted by atomic mass is 16.3. The highest BCUT2D eigenvalue weighted by Gasteiger charge is 2.26. The summed E-state index contributed by atoms with van der Waals surface area (Å²) in [4.78, 5) is 38.3. The van der Waals surface area contributed by atoms with Gasteiger partial charge in [-0.2, -0.15) is 0 Å². The molecule has 1 aliphatic rings. The van der Waals surface area contributed by atoms with Crippen LogP contribution in [0.25, 0.3) is 11.0 Å². The molecule has 26 heavy (non-hydrogen) atoms. The third kappa shape index (κ3) is 2.65. The van der Waals surface area contributed by atoms with E-state index in [0.29, 0.717) is 29.6 Å². The van der Waals surface area contributed by atoms with Crippen molar-refractivity contribution < 1.29 is 14.0 Å². The molecule has 0 saturated heterocycles. The van der Waals surface area contributed by atoms with Crippen molar-refractivity contribution >= 4 is 34.2 Å². The third-order valence-electron chi connectivity index (χ3n) is 4.45. The molecule has 6 nitrogen and oxygen atoms in total. The smallest absolute Gasteiger partial charge is 0.291 e. The summed E-state index contributed by atoms with van der Waals surface area (Å²) in [6, 6.07) is 13.3. The molecule has 0 spiro atoms. The van der Waals surface area contributed by atoms with Gasteiger partial charge in [-0.1, -0.05) is 12.1 Å². The number of likely N-dealkylation sites (N-methyl/N-ethyl adjacent to an activating group) is 1. The summed E-state index contributed by atoms with van der Waals surface area (Å²) < 4.78 is 5.55. The number of hydrogen-bond donors (Lipinski definition) is 1. The summed E-state index contributed by atoms with van der Waals surface area (Å²) in [5.41, 5.74) is 2.39. The Labute approximate surface area is 149 Å². The van der Waals surface area contributed by atoms with Crippen molar-refractivity contribution in [3.8, 4) is 0 Å². The lowest BCUT2D eigenvalue weighted by Gasteiger charge is -2.14. The summed E-state index contributed by atoms with van der Waals surface area (Å²) in [5, 5.41) is 3.16. The van der Waals surface area contributed by atoms with Crippen LogP contribution in [0.3, 0.4) is 0 Å². The maximum absolute atomic E-state index is 12.5. The minimum Gasteiger partial charge on any atom is -0.451 e. The molecule has 0 atom stereocenters. The van der Waals surface area contributed by atoms with Crippen LogP contribution >= 0.6 is 0 Å². The molecule has 0 unspecified atom stereocenters. The second kappa shape index (κ2) is 6.15. The van der Waals surface area contributed by atoms with Gasteiger partial charge >= 0.3 is 0 Å². The van der Waals surface area contributed by atoms with Crippen molar-refractivity contribution in [1.29, 1.82) is 0 Å². The first-order chi connectivity index (χ1) is 12.6. The number of rotatable bonds is 3. The lowest BCUT2D eigenvalue weighted by Crippen LogP contribution is -2.25. The fraction of sp³-hybridized carbons (Fsp3) is 0.150. The van der Waals surface area contributed by atoms with E-state index < -0.39 is 5.91 Å². The van der Waals surface area contributed by atoms with Crippen molar-refractivity contribution in [2.24, 2.45) is 0 Å². The van der Waals surface area contributed by atoms with Crippen molar-refractivity contribution in [2.75, 3.05) is 16.8 Å². The standard InChI is InChI=1S/C20H16N2O4/c1-2-22-15-8-7-13(9-12(15)10-19(22)24)21-20(25)18-11-16(23)14-5-3-4-6-17(14)26-18/h3-9,11H,2,10H2,1H3,(H,21,25). The number of carbonyl (C=O) groups excluding carboxylic acids is 2. The highest BCUT2D eigenvalue weighted by molar-refractivity contribution is 6.05. The molecule has 0 saturated carbocycles. The molecule has 1 N–H and O–H groups in total. The molecule has 2 amide bonds. The van der Waals surface area contributed by atoms with Crippen molar-refractivity contribution in [2.45, 2.75) is 13.3 Å². The average Bonchev–Trinajstić information content (AvgIpc) is 2.95. The lowest BCUT2D eigenvalue weighted by atomic mass is 10.1. The van der Waals surface area contributed by atoms with Gasteiger partial charge in [-0.05, 0) is 42.8 Å². The van der Waals surface area contributed by atoms with E-state index in [1.54, 1.807) is 41.3 Å². The van der Waals surface area contributed by atoms with Gasteiger partial charge in [-0.15, -0.1) is 0 Å². The molecule has 3 aromatic rings. The van der Waals surface area contributed by atoms with Crippen LogP contribution in [0.1, 0.15) is 23.0 Å².